The van der Waals surface area contributed by atoms with Gasteiger partial charge in [-0.1, -0.05) is 33.1 Å². The molecular weight excluding hydrogens is 208 g/mol. The van der Waals surface area contributed by atoms with Crippen LogP contribution in [0.15, 0.2) is 0 Å². The SMILES string of the molecule is CCCN(C1CC1)C1(CN)CCCCC1CC. The number of nitrogens with zero attached hydrogens (tertiary/aromatic N) is 1. The van der Waals surface area contributed by atoms with E-state index in [9.17, 15) is 0 Å². The van der Waals surface area contributed by atoms with Crippen molar-refractivity contribution in [3.05, 3.63) is 0 Å². The van der Waals surface area contributed by atoms with Gasteiger partial charge in [-0.05, 0) is 44.6 Å². The highest BCUT2D eigenvalue weighted by molar-refractivity contribution is 5.04. The molecule has 0 bridgehead atoms. The molecule has 0 aromatic rings. The molecule has 2 atom stereocenters. The fourth-order valence-electron chi connectivity index (χ4n) is 4.04. The highest BCUT2D eigenvalue weighted by atomic mass is 15.3. The average molecular weight is 238 g/mol. The summed E-state index contributed by atoms with van der Waals surface area (Å²) in [6.07, 6.45) is 11.0. The predicted molar refractivity (Wildman–Crippen MR) is 74.1 cm³/mol. The first kappa shape index (κ1) is 13.4. The van der Waals surface area contributed by atoms with Crippen LogP contribution in [-0.4, -0.2) is 29.6 Å². The first-order chi connectivity index (χ1) is 8.28. The second-order valence-corrected chi connectivity index (χ2v) is 6.08. The lowest BCUT2D eigenvalue weighted by Crippen LogP contribution is -2.60. The Morgan fingerprint density at radius 2 is 1.94 bits per heavy atom. The lowest BCUT2D eigenvalue weighted by atomic mass is 9.70. The highest BCUT2D eigenvalue weighted by Crippen LogP contribution is 2.44. The third-order valence-corrected chi connectivity index (χ3v) is 5.04. The van der Waals surface area contributed by atoms with Gasteiger partial charge < -0.3 is 5.73 Å². The van der Waals surface area contributed by atoms with Gasteiger partial charge in [-0.2, -0.15) is 0 Å². The molecule has 17 heavy (non-hydrogen) atoms. The van der Waals surface area contributed by atoms with Crippen molar-refractivity contribution in [3.63, 3.8) is 0 Å². The van der Waals surface area contributed by atoms with Crippen molar-refractivity contribution in [1.29, 1.82) is 0 Å². The number of hydrogen-bond donors (Lipinski definition) is 1. The molecular formula is C15H30N2. The molecule has 0 heterocycles. The van der Waals surface area contributed by atoms with E-state index in [2.05, 4.69) is 18.7 Å². The van der Waals surface area contributed by atoms with Crippen LogP contribution in [0.4, 0.5) is 0 Å². The van der Waals surface area contributed by atoms with Crippen molar-refractivity contribution in [1.82, 2.24) is 4.90 Å². The van der Waals surface area contributed by atoms with Gasteiger partial charge in [0.05, 0.1) is 0 Å². The first-order valence-electron chi connectivity index (χ1n) is 7.75. The second-order valence-electron chi connectivity index (χ2n) is 6.08. The first-order valence-corrected chi connectivity index (χ1v) is 7.75. The van der Waals surface area contributed by atoms with Crippen molar-refractivity contribution in [2.45, 2.75) is 76.8 Å². The summed E-state index contributed by atoms with van der Waals surface area (Å²) in [6.45, 7) is 6.81. The summed E-state index contributed by atoms with van der Waals surface area (Å²) in [7, 11) is 0. The molecule has 0 radical (unpaired) electrons. The summed E-state index contributed by atoms with van der Waals surface area (Å²) in [5.74, 6) is 0.841. The van der Waals surface area contributed by atoms with Crippen molar-refractivity contribution < 1.29 is 0 Å². The van der Waals surface area contributed by atoms with E-state index in [1.54, 1.807) is 0 Å². The van der Waals surface area contributed by atoms with E-state index in [4.69, 9.17) is 5.73 Å². The van der Waals surface area contributed by atoms with Crippen LogP contribution in [0, 0.1) is 5.92 Å². The van der Waals surface area contributed by atoms with Gasteiger partial charge in [-0.15, -0.1) is 0 Å². The van der Waals surface area contributed by atoms with Crippen LogP contribution in [0.25, 0.3) is 0 Å². The van der Waals surface area contributed by atoms with E-state index in [0.29, 0.717) is 5.54 Å². The van der Waals surface area contributed by atoms with E-state index in [1.165, 1.54) is 57.9 Å². The maximum atomic E-state index is 6.26. The molecule has 2 unspecified atom stereocenters. The Morgan fingerprint density at radius 1 is 1.18 bits per heavy atom. The molecule has 2 heteroatoms. The molecule has 2 rings (SSSR count). The van der Waals surface area contributed by atoms with Gasteiger partial charge in [0.15, 0.2) is 0 Å². The van der Waals surface area contributed by atoms with E-state index in [0.717, 1.165) is 18.5 Å². The molecule has 0 amide bonds. The molecule has 0 spiro atoms. The summed E-state index contributed by atoms with van der Waals surface area (Å²) in [6, 6.07) is 0.866. The minimum Gasteiger partial charge on any atom is -0.329 e. The second kappa shape index (κ2) is 5.71. The third kappa shape index (κ3) is 2.53. The van der Waals surface area contributed by atoms with Crippen LogP contribution in [0.3, 0.4) is 0 Å². The summed E-state index contributed by atoms with van der Waals surface area (Å²) in [5, 5.41) is 0. The molecule has 100 valence electrons. The topological polar surface area (TPSA) is 29.3 Å². The smallest absolute Gasteiger partial charge is 0.0362 e. The molecule has 2 N–H and O–H groups in total. The largest absolute Gasteiger partial charge is 0.329 e. The minimum absolute atomic E-state index is 0.351. The monoisotopic (exact) mass is 238 g/mol. The van der Waals surface area contributed by atoms with Gasteiger partial charge in [0, 0.05) is 18.1 Å². The van der Waals surface area contributed by atoms with Crippen LogP contribution >= 0.6 is 0 Å². The molecule has 0 saturated heterocycles. The Kier molecular flexibility index (Phi) is 4.48. The van der Waals surface area contributed by atoms with E-state index in [-0.39, 0.29) is 0 Å². The summed E-state index contributed by atoms with van der Waals surface area (Å²) in [4.78, 5) is 2.82. The Labute approximate surface area is 107 Å². The molecule has 2 saturated carbocycles. The fraction of sp³-hybridized carbons (Fsp3) is 1.00. The molecule has 2 fully saturated rings. The quantitative estimate of drug-likeness (QED) is 0.770. The lowest BCUT2D eigenvalue weighted by Gasteiger charge is -2.51. The predicted octanol–water partition coefficient (Wildman–Crippen LogP) is 3.16. The van der Waals surface area contributed by atoms with Gasteiger partial charge in [-0.25, -0.2) is 0 Å². The zero-order valence-electron chi connectivity index (χ0n) is 11.8. The number of rotatable bonds is 6. The molecule has 2 aliphatic rings. The van der Waals surface area contributed by atoms with Gasteiger partial charge in [0.1, 0.15) is 0 Å². The minimum atomic E-state index is 0.351. The maximum absolute atomic E-state index is 6.26. The molecule has 2 aliphatic carbocycles. The van der Waals surface area contributed by atoms with Crippen molar-refractivity contribution in [2.75, 3.05) is 13.1 Å². The van der Waals surface area contributed by atoms with E-state index < -0.39 is 0 Å². The van der Waals surface area contributed by atoms with E-state index >= 15 is 0 Å². The molecule has 0 aliphatic heterocycles. The molecule has 0 aromatic carbocycles. The van der Waals surface area contributed by atoms with E-state index in [1.807, 2.05) is 0 Å². The number of nitrogens with two attached hydrogens (primary N) is 1. The summed E-state index contributed by atoms with van der Waals surface area (Å²) in [5.41, 5.74) is 6.61. The summed E-state index contributed by atoms with van der Waals surface area (Å²) >= 11 is 0. The van der Waals surface area contributed by atoms with Crippen molar-refractivity contribution in [2.24, 2.45) is 11.7 Å². The number of hydrogen-bond acceptors (Lipinski definition) is 2. The van der Waals surface area contributed by atoms with Crippen molar-refractivity contribution in [3.8, 4) is 0 Å². The fourth-order valence-corrected chi connectivity index (χ4v) is 4.04. The van der Waals surface area contributed by atoms with Gasteiger partial charge >= 0.3 is 0 Å². The van der Waals surface area contributed by atoms with Crippen LogP contribution < -0.4 is 5.73 Å². The van der Waals surface area contributed by atoms with Crippen LogP contribution in [-0.2, 0) is 0 Å². The standard InChI is InChI=1S/C15H30N2/c1-3-11-17(14-8-9-14)15(12-16)10-6-5-7-13(15)4-2/h13-14H,3-12,16H2,1-2H3. The zero-order chi connectivity index (χ0) is 12.3. The average Bonchev–Trinajstić information content (AvgIpc) is 3.20. The Hall–Kier alpha value is -0.0800. The highest BCUT2D eigenvalue weighted by Gasteiger charge is 2.47. The van der Waals surface area contributed by atoms with Crippen LogP contribution in [0.1, 0.15) is 65.2 Å². The molecule has 0 aromatic heterocycles. The lowest BCUT2D eigenvalue weighted by molar-refractivity contribution is -0.00256. The Morgan fingerprint density at radius 3 is 2.47 bits per heavy atom. The van der Waals surface area contributed by atoms with Gasteiger partial charge in [0.25, 0.3) is 0 Å². The van der Waals surface area contributed by atoms with Gasteiger partial charge in [-0.3, -0.25) is 4.90 Å². The Balaban J connectivity index is 2.18. The zero-order valence-corrected chi connectivity index (χ0v) is 11.8. The van der Waals surface area contributed by atoms with Gasteiger partial charge in [0.2, 0.25) is 0 Å². The molecule has 2 nitrogen and oxygen atoms in total. The normalized spacial score (nSPS) is 34.2. The maximum Gasteiger partial charge on any atom is 0.0362 e. The van der Waals surface area contributed by atoms with Crippen molar-refractivity contribution >= 4 is 0 Å². The third-order valence-electron chi connectivity index (χ3n) is 5.04. The van der Waals surface area contributed by atoms with Crippen LogP contribution in [0.2, 0.25) is 0 Å². The summed E-state index contributed by atoms with van der Waals surface area (Å²) < 4.78 is 0. The van der Waals surface area contributed by atoms with Crippen LogP contribution in [0.5, 0.6) is 0 Å². The Bertz CT molecular complexity index is 237.